The van der Waals surface area contributed by atoms with Gasteiger partial charge in [0.15, 0.2) is 0 Å². The highest BCUT2D eigenvalue weighted by Gasteiger charge is 2.46. The van der Waals surface area contributed by atoms with E-state index < -0.39 is 17.7 Å². The van der Waals surface area contributed by atoms with Crippen LogP contribution in [0.15, 0.2) is 84.4 Å². The molecule has 180 valence electrons. The second-order valence-electron chi connectivity index (χ2n) is 8.29. The maximum absolute atomic E-state index is 13.3. The molecule has 4 rings (SSSR count). The van der Waals surface area contributed by atoms with Crippen molar-refractivity contribution in [1.29, 1.82) is 0 Å². The molecule has 1 amide bonds. The van der Waals surface area contributed by atoms with Gasteiger partial charge in [0.05, 0.1) is 24.8 Å². The van der Waals surface area contributed by atoms with Gasteiger partial charge in [0.1, 0.15) is 17.3 Å². The van der Waals surface area contributed by atoms with Crippen molar-refractivity contribution in [3.8, 4) is 11.5 Å². The van der Waals surface area contributed by atoms with Crippen LogP contribution >= 0.6 is 0 Å². The molecular formula is C29H29NO5. The fourth-order valence-electron chi connectivity index (χ4n) is 4.20. The second-order valence-corrected chi connectivity index (χ2v) is 8.29. The van der Waals surface area contributed by atoms with Crippen LogP contribution in [0.1, 0.15) is 43.0 Å². The lowest BCUT2D eigenvalue weighted by Gasteiger charge is -2.26. The van der Waals surface area contributed by atoms with Crippen molar-refractivity contribution in [1.82, 2.24) is 4.90 Å². The van der Waals surface area contributed by atoms with Crippen molar-refractivity contribution in [3.05, 3.63) is 101 Å². The molecule has 0 aliphatic carbocycles. The van der Waals surface area contributed by atoms with Crippen LogP contribution in [0.4, 0.5) is 0 Å². The third-order valence-corrected chi connectivity index (χ3v) is 5.82. The number of aliphatic hydroxyl groups is 1. The highest BCUT2D eigenvalue weighted by Crippen LogP contribution is 2.41. The largest absolute Gasteiger partial charge is 0.507 e. The van der Waals surface area contributed by atoms with Crippen molar-refractivity contribution in [2.45, 2.75) is 32.9 Å². The van der Waals surface area contributed by atoms with E-state index in [-0.39, 0.29) is 17.9 Å². The number of ketones is 1. The molecule has 0 bridgehead atoms. The van der Waals surface area contributed by atoms with Gasteiger partial charge in [-0.15, -0.1) is 0 Å². The first-order valence-corrected chi connectivity index (χ1v) is 11.8. The molecule has 0 saturated carbocycles. The molecule has 1 N–H and O–H groups in total. The number of aliphatic hydroxyl groups excluding tert-OH is 1. The predicted molar refractivity (Wildman–Crippen MR) is 134 cm³/mol. The summed E-state index contributed by atoms with van der Waals surface area (Å²) in [6.07, 6.45) is 0.856. The minimum atomic E-state index is -0.757. The van der Waals surface area contributed by atoms with Gasteiger partial charge in [-0.05, 0) is 60.9 Å². The van der Waals surface area contributed by atoms with Crippen LogP contribution in [0, 0.1) is 0 Å². The summed E-state index contributed by atoms with van der Waals surface area (Å²) >= 11 is 0. The van der Waals surface area contributed by atoms with Crippen LogP contribution in [0.2, 0.25) is 0 Å². The first-order chi connectivity index (χ1) is 17.0. The van der Waals surface area contributed by atoms with Crippen molar-refractivity contribution in [2.24, 2.45) is 0 Å². The summed E-state index contributed by atoms with van der Waals surface area (Å²) < 4.78 is 11.3. The minimum absolute atomic E-state index is 0.0581. The number of carbonyl (C=O) groups is 2. The molecule has 1 fully saturated rings. The van der Waals surface area contributed by atoms with Gasteiger partial charge in [0.25, 0.3) is 11.7 Å². The number of hydrogen-bond donors (Lipinski definition) is 1. The van der Waals surface area contributed by atoms with Gasteiger partial charge in [0, 0.05) is 12.1 Å². The highest BCUT2D eigenvalue weighted by atomic mass is 16.5. The van der Waals surface area contributed by atoms with Gasteiger partial charge >= 0.3 is 0 Å². The Morgan fingerprint density at radius 1 is 0.886 bits per heavy atom. The second kappa shape index (κ2) is 10.9. The van der Waals surface area contributed by atoms with Gasteiger partial charge in [-0.3, -0.25) is 9.59 Å². The molecule has 0 aromatic heterocycles. The molecule has 0 spiro atoms. The Bertz CT molecular complexity index is 1220. The molecule has 3 aromatic carbocycles. The van der Waals surface area contributed by atoms with E-state index in [1.54, 1.807) is 24.3 Å². The number of amides is 1. The summed E-state index contributed by atoms with van der Waals surface area (Å²) in [6, 6.07) is 22.9. The summed E-state index contributed by atoms with van der Waals surface area (Å²) in [6.45, 7) is 5.22. The molecule has 6 nitrogen and oxygen atoms in total. The normalized spacial score (nSPS) is 17.0. The molecule has 3 aromatic rings. The topological polar surface area (TPSA) is 76.1 Å². The monoisotopic (exact) mass is 471 g/mol. The van der Waals surface area contributed by atoms with E-state index in [4.69, 9.17) is 9.47 Å². The zero-order valence-corrected chi connectivity index (χ0v) is 19.9. The number of nitrogens with zero attached hydrogens (tertiary/aromatic N) is 1. The van der Waals surface area contributed by atoms with E-state index >= 15 is 0 Å². The molecule has 1 aliphatic rings. The number of carbonyl (C=O) groups excluding carboxylic acids is 2. The van der Waals surface area contributed by atoms with Crippen molar-refractivity contribution < 1.29 is 24.2 Å². The van der Waals surface area contributed by atoms with Gasteiger partial charge in [-0.25, -0.2) is 0 Å². The lowest BCUT2D eigenvalue weighted by Crippen LogP contribution is -2.29. The van der Waals surface area contributed by atoms with Crippen LogP contribution in [0.5, 0.6) is 11.5 Å². The lowest BCUT2D eigenvalue weighted by molar-refractivity contribution is -0.140. The first-order valence-electron chi connectivity index (χ1n) is 11.8. The number of ether oxygens (including phenoxy) is 2. The lowest BCUT2D eigenvalue weighted by atomic mass is 9.95. The SMILES string of the molecule is CCCOc1cccc(C2C(=C(O)c3ccc(OCC)cc3)C(=O)C(=O)N2Cc2ccccc2)c1. The number of rotatable bonds is 9. The zero-order chi connectivity index (χ0) is 24.8. The Balaban J connectivity index is 1.81. The zero-order valence-electron chi connectivity index (χ0n) is 19.9. The fourth-order valence-corrected chi connectivity index (χ4v) is 4.20. The third kappa shape index (κ3) is 5.22. The maximum atomic E-state index is 13.3. The van der Waals surface area contributed by atoms with Crippen molar-refractivity contribution >= 4 is 17.4 Å². The van der Waals surface area contributed by atoms with Gasteiger partial charge < -0.3 is 19.5 Å². The van der Waals surface area contributed by atoms with E-state index in [0.29, 0.717) is 35.8 Å². The summed E-state index contributed by atoms with van der Waals surface area (Å²) in [5, 5.41) is 11.3. The number of benzene rings is 3. The maximum Gasteiger partial charge on any atom is 0.295 e. The minimum Gasteiger partial charge on any atom is -0.507 e. The summed E-state index contributed by atoms with van der Waals surface area (Å²) in [5.41, 5.74) is 2.08. The van der Waals surface area contributed by atoms with Crippen LogP contribution in [0.3, 0.4) is 0 Å². The molecule has 0 radical (unpaired) electrons. The van der Waals surface area contributed by atoms with E-state index in [0.717, 1.165) is 12.0 Å². The number of Topliss-reactive ketones (excluding diaryl/α,β-unsaturated/α-hetero) is 1. The highest BCUT2D eigenvalue weighted by molar-refractivity contribution is 6.46. The number of hydrogen-bond acceptors (Lipinski definition) is 5. The summed E-state index contributed by atoms with van der Waals surface area (Å²) in [5.74, 6) is -0.267. The average molecular weight is 472 g/mol. The van der Waals surface area contributed by atoms with Crippen LogP contribution < -0.4 is 9.47 Å². The Morgan fingerprint density at radius 3 is 2.31 bits per heavy atom. The quantitative estimate of drug-likeness (QED) is 0.254. The van der Waals surface area contributed by atoms with Crippen LogP contribution in [-0.4, -0.2) is 34.9 Å². The van der Waals surface area contributed by atoms with E-state index in [1.807, 2.05) is 68.4 Å². The molecule has 6 heteroatoms. The van der Waals surface area contributed by atoms with E-state index in [2.05, 4.69) is 0 Å². The average Bonchev–Trinajstić information content (AvgIpc) is 3.13. The Labute approximate surface area is 205 Å². The molecule has 1 saturated heterocycles. The third-order valence-electron chi connectivity index (χ3n) is 5.82. The Kier molecular flexibility index (Phi) is 7.51. The smallest absolute Gasteiger partial charge is 0.295 e. The standard InChI is InChI=1S/C29H29NO5/c1-3-17-35-24-12-8-11-22(18-24)26-25(27(31)21-13-15-23(16-14-21)34-4-2)28(32)29(33)30(26)19-20-9-6-5-7-10-20/h5-16,18,26,31H,3-4,17,19H2,1-2H3. The van der Waals surface area contributed by atoms with Gasteiger partial charge in [0.2, 0.25) is 0 Å². The summed E-state index contributed by atoms with van der Waals surface area (Å²) in [4.78, 5) is 28.0. The van der Waals surface area contributed by atoms with Crippen LogP contribution in [0.25, 0.3) is 5.76 Å². The van der Waals surface area contributed by atoms with E-state index in [9.17, 15) is 14.7 Å². The predicted octanol–water partition coefficient (Wildman–Crippen LogP) is 5.50. The Hall–Kier alpha value is -4.06. The van der Waals surface area contributed by atoms with Gasteiger partial charge in [-0.1, -0.05) is 49.4 Å². The Morgan fingerprint density at radius 2 is 1.63 bits per heavy atom. The van der Waals surface area contributed by atoms with Gasteiger partial charge in [-0.2, -0.15) is 0 Å². The van der Waals surface area contributed by atoms with Crippen molar-refractivity contribution in [3.63, 3.8) is 0 Å². The fraction of sp³-hybridized carbons (Fsp3) is 0.241. The molecule has 1 unspecified atom stereocenters. The molecule has 1 atom stereocenters. The molecule has 35 heavy (non-hydrogen) atoms. The molecular weight excluding hydrogens is 442 g/mol. The van der Waals surface area contributed by atoms with Crippen LogP contribution in [-0.2, 0) is 16.1 Å². The number of likely N-dealkylation sites (tertiary alicyclic amines) is 1. The van der Waals surface area contributed by atoms with Crippen molar-refractivity contribution in [2.75, 3.05) is 13.2 Å². The van der Waals surface area contributed by atoms with E-state index in [1.165, 1.54) is 4.90 Å². The molecule has 1 heterocycles. The molecule has 1 aliphatic heterocycles. The summed E-state index contributed by atoms with van der Waals surface area (Å²) in [7, 11) is 0. The first kappa shape index (κ1) is 24.1.